The second kappa shape index (κ2) is 4.88. The molecule has 72 valence electrons. The van der Waals surface area contributed by atoms with E-state index in [1.165, 1.54) is 6.08 Å². The minimum Gasteiger partial charge on any atom is -0.264 e. The van der Waals surface area contributed by atoms with Crippen LogP contribution in [0.5, 0.6) is 0 Å². The molecule has 0 radical (unpaired) electrons. The van der Waals surface area contributed by atoms with Crippen molar-refractivity contribution in [2.45, 2.75) is 0 Å². The van der Waals surface area contributed by atoms with Crippen molar-refractivity contribution in [3.05, 3.63) is 44.8 Å². The lowest BCUT2D eigenvalue weighted by Gasteiger charge is -1.98. The molecule has 5 heteroatoms. The molecule has 0 aliphatic carbocycles. The Balaban J connectivity index is 2.97. The van der Waals surface area contributed by atoms with Crippen molar-refractivity contribution < 1.29 is 4.79 Å². The maximum absolute atomic E-state index is 10.5. The first-order valence-corrected chi connectivity index (χ1v) is 4.40. The molecule has 1 amide bonds. The van der Waals surface area contributed by atoms with Gasteiger partial charge in [-0.2, -0.15) is 0 Å². The number of nitroso groups, excluding NO2 is 1. The van der Waals surface area contributed by atoms with E-state index >= 15 is 0 Å². The number of carbonyl (C=O) groups is 1. The van der Waals surface area contributed by atoms with Crippen LogP contribution in [0.2, 0.25) is 10.0 Å². The summed E-state index contributed by atoms with van der Waals surface area (Å²) in [7, 11) is 0. The average Bonchev–Trinajstić information content (AvgIpc) is 2.20. The second-order valence-corrected chi connectivity index (χ2v) is 3.19. The van der Waals surface area contributed by atoms with E-state index in [1.54, 1.807) is 18.2 Å². The van der Waals surface area contributed by atoms with E-state index in [1.807, 2.05) is 0 Å². The monoisotopic (exact) mass is 229 g/mol. The Bertz CT molecular complexity index is 402. The summed E-state index contributed by atoms with van der Waals surface area (Å²) >= 11 is 11.5. The molecular weight excluding hydrogens is 225 g/mol. The minimum atomic E-state index is -0.860. The van der Waals surface area contributed by atoms with Crippen LogP contribution in [-0.4, -0.2) is 5.91 Å². The van der Waals surface area contributed by atoms with Crippen molar-refractivity contribution in [3.63, 3.8) is 0 Å². The van der Waals surface area contributed by atoms with Gasteiger partial charge in [-0.1, -0.05) is 35.3 Å². The zero-order valence-electron chi connectivity index (χ0n) is 6.91. The van der Waals surface area contributed by atoms with Gasteiger partial charge in [-0.15, -0.1) is 4.91 Å². The molecule has 0 fully saturated rings. The van der Waals surface area contributed by atoms with Gasteiger partial charge in [-0.25, -0.2) is 0 Å². The molecule has 1 aromatic carbocycles. The summed E-state index contributed by atoms with van der Waals surface area (Å²) in [6.45, 7) is 0. The van der Waals surface area contributed by atoms with Crippen LogP contribution >= 0.6 is 23.2 Å². The summed E-state index contributed by atoms with van der Waals surface area (Å²) in [5.41, 5.74) is 0.566. The number of halogens is 2. The van der Waals surface area contributed by atoms with E-state index in [4.69, 9.17) is 23.2 Å². The largest absolute Gasteiger partial charge is 0.309 e. The summed E-state index contributed by atoms with van der Waals surface area (Å²) < 4.78 is 0. The van der Waals surface area contributed by atoms with Gasteiger partial charge in [0.25, 0.3) is 0 Å². The Hall–Kier alpha value is -1.19. The van der Waals surface area contributed by atoms with Crippen molar-refractivity contribution in [1.29, 1.82) is 0 Å². The number of amides is 1. The third-order valence-corrected chi connectivity index (χ3v) is 2.31. The predicted octanol–water partition coefficient (Wildman–Crippen LogP) is 3.30. The number of hydrogen-bond donors (Lipinski definition) is 0. The average molecular weight is 230 g/mol. The van der Waals surface area contributed by atoms with E-state index in [0.717, 1.165) is 6.08 Å². The van der Waals surface area contributed by atoms with Gasteiger partial charge in [-0.05, 0) is 17.7 Å². The Morgan fingerprint density at radius 2 is 2.07 bits per heavy atom. The van der Waals surface area contributed by atoms with Gasteiger partial charge in [0.2, 0.25) is 0 Å². The highest BCUT2D eigenvalue weighted by Crippen LogP contribution is 2.26. The van der Waals surface area contributed by atoms with Gasteiger partial charge in [-0.3, -0.25) is 4.79 Å². The third kappa shape index (κ3) is 2.65. The Labute approximate surface area is 90.3 Å². The molecule has 0 unspecified atom stereocenters. The standard InChI is InChI=1S/C9H5Cl2NO2/c10-7-3-1-2-6(9(7)11)4-5-8(13)12-14/h1-5H. The van der Waals surface area contributed by atoms with Gasteiger partial charge in [0, 0.05) is 11.3 Å². The third-order valence-electron chi connectivity index (χ3n) is 1.48. The second-order valence-electron chi connectivity index (χ2n) is 2.41. The highest BCUT2D eigenvalue weighted by atomic mass is 35.5. The molecule has 0 heterocycles. The highest BCUT2D eigenvalue weighted by molar-refractivity contribution is 6.42. The van der Waals surface area contributed by atoms with E-state index in [0.29, 0.717) is 15.6 Å². The van der Waals surface area contributed by atoms with Crippen LogP contribution in [0.1, 0.15) is 5.56 Å². The molecule has 0 aliphatic heterocycles. The number of nitrogens with zero attached hydrogens (tertiary/aromatic N) is 1. The number of benzene rings is 1. The lowest BCUT2D eigenvalue weighted by Crippen LogP contribution is -1.83. The zero-order chi connectivity index (χ0) is 10.6. The van der Waals surface area contributed by atoms with Gasteiger partial charge in [0.1, 0.15) is 0 Å². The summed E-state index contributed by atoms with van der Waals surface area (Å²) in [4.78, 5) is 20.3. The Kier molecular flexibility index (Phi) is 3.80. The van der Waals surface area contributed by atoms with E-state index < -0.39 is 5.91 Å². The van der Waals surface area contributed by atoms with Crippen LogP contribution in [0.15, 0.2) is 29.5 Å². The van der Waals surface area contributed by atoms with Crippen molar-refractivity contribution in [3.8, 4) is 0 Å². The fraction of sp³-hybridized carbons (Fsp3) is 0. The van der Waals surface area contributed by atoms with E-state index in [-0.39, 0.29) is 0 Å². The molecule has 14 heavy (non-hydrogen) atoms. The fourth-order valence-corrected chi connectivity index (χ4v) is 1.21. The molecule has 0 atom stereocenters. The molecule has 0 bridgehead atoms. The quantitative estimate of drug-likeness (QED) is 0.577. The summed E-state index contributed by atoms with van der Waals surface area (Å²) in [5.74, 6) is -0.860. The smallest absolute Gasteiger partial charge is 0.264 e. The topological polar surface area (TPSA) is 46.5 Å². The number of hydrogen-bond acceptors (Lipinski definition) is 2. The van der Waals surface area contributed by atoms with Crippen LogP contribution < -0.4 is 0 Å². The zero-order valence-corrected chi connectivity index (χ0v) is 8.42. The molecular formula is C9H5Cl2NO2. The van der Waals surface area contributed by atoms with Crippen LogP contribution in [0.3, 0.4) is 0 Å². The normalized spacial score (nSPS) is 10.4. The predicted molar refractivity (Wildman–Crippen MR) is 56.3 cm³/mol. The summed E-state index contributed by atoms with van der Waals surface area (Å²) in [5, 5.41) is 2.93. The molecule has 3 nitrogen and oxygen atoms in total. The van der Waals surface area contributed by atoms with E-state index in [9.17, 15) is 9.70 Å². The van der Waals surface area contributed by atoms with Crippen LogP contribution in [-0.2, 0) is 4.79 Å². The number of rotatable bonds is 2. The maximum atomic E-state index is 10.5. The molecule has 0 N–H and O–H groups in total. The fourth-order valence-electron chi connectivity index (χ4n) is 0.841. The lowest BCUT2D eigenvalue weighted by molar-refractivity contribution is -0.113. The first kappa shape index (κ1) is 10.9. The van der Waals surface area contributed by atoms with Crippen LogP contribution in [0.4, 0.5) is 0 Å². The number of carbonyl (C=O) groups excluding carboxylic acids is 1. The van der Waals surface area contributed by atoms with E-state index in [2.05, 4.69) is 5.18 Å². The molecule has 0 aliphatic rings. The molecule has 0 aromatic heterocycles. The van der Waals surface area contributed by atoms with Crippen molar-refractivity contribution in [2.24, 2.45) is 5.18 Å². The van der Waals surface area contributed by atoms with Crippen molar-refractivity contribution in [1.82, 2.24) is 0 Å². The van der Waals surface area contributed by atoms with Crippen LogP contribution in [0, 0.1) is 4.91 Å². The lowest BCUT2D eigenvalue weighted by atomic mass is 10.2. The van der Waals surface area contributed by atoms with Gasteiger partial charge < -0.3 is 0 Å². The molecule has 1 aromatic rings. The SMILES string of the molecule is O=NC(=O)C=Cc1cccc(Cl)c1Cl. The first-order valence-electron chi connectivity index (χ1n) is 3.64. The van der Waals surface area contributed by atoms with Gasteiger partial charge >= 0.3 is 5.91 Å². The highest BCUT2D eigenvalue weighted by Gasteiger charge is 2.01. The molecule has 1 rings (SSSR count). The molecule has 0 saturated heterocycles. The summed E-state index contributed by atoms with van der Waals surface area (Å²) in [6.07, 6.45) is 2.42. The van der Waals surface area contributed by atoms with Crippen molar-refractivity contribution in [2.75, 3.05) is 0 Å². The van der Waals surface area contributed by atoms with Gasteiger partial charge in [0.15, 0.2) is 0 Å². The molecule has 0 spiro atoms. The summed E-state index contributed by atoms with van der Waals surface area (Å²) in [6, 6.07) is 4.98. The minimum absolute atomic E-state index is 0.337. The molecule has 0 saturated carbocycles. The van der Waals surface area contributed by atoms with Gasteiger partial charge in [0.05, 0.1) is 10.0 Å². The Morgan fingerprint density at radius 3 is 2.71 bits per heavy atom. The first-order chi connectivity index (χ1) is 6.65. The van der Waals surface area contributed by atoms with Crippen LogP contribution in [0.25, 0.3) is 6.08 Å². The van der Waals surface area contributed by atoms with Crippen molar-refractivity contribution >= 4 is 35.2 Å². The Morgan fingerprint density at radius 1 is 1.36 bits per heavy atom. The maximum Gasteiger partial charge on any atom is 0.309 e.